The minimum Gasteiger partial charge on any atom is -0.497 e. The van der Waals surface area contributed by atoms with E-state index in [0.717, 1.165) is 11.3 Å². The van der Waals surface area contributed by atoms with E-state index in [2.05, 4.69) is 5.32 Å². The molecule has 0 aromatic heterocycles. The fourth-order valence-corrected chi connectivity index (χ4v) is 2.52. The Bertz CT molecular complexity index is 546. The van der Waals surface area contributed by atoms with E-state index in [-0.39, 0.29) is 18.7 Å². The van der Waals surface area contributed by atoms with E-state index in [1.807, 2.05) is 24.3 Å². The second-order valence-electron chi connectivity index (χ2n) is 5.45. The van der Waals surface area contributed by atoms with Crippen molar-refractivity contribution in [1.29, 1.82) is 0 Å². The molecule has 1 aromatic rings. The van der Waals surface area contributed by atoms with E-state index < -0.39 is 5.97 Å². The number of hydrogen-bond donors (Lipinski definition) is 1. The third-order valence-electron chi connectivity index (χ3n) is 3.74. The van der Waals surface area contributed by atoms with Crippen molar-refractivity contribution in [3.05, 3.63) is 29.8 Å². The fraction of sp³-hybridized carbons (Fsp3) is 0.529. The van der Waals surface area contributed by atoms with Crippen molar-refractivity contribution in [2.24, 2.45) is 0 Å². The first kappa shape index (κ1) is 18.1. The van der Waals surface area contributed by atoms with E-state index in [1.165, 1.54) is 0 Å². The molecule has 0 radical (unpaired) electrons. The summed E-state index contributed by atoms with van der Waals surface area (Å²) in [4.78, 5) is 25.1. The quantitative estimate of drug-likeness (QED) is 0.790. The number of urea groups is 1. The number of carbonyl (C=O) groups excluding carboxylic acids is 2. The smallest absolute Gasteiger partial charge is 0.325 e. The largest absolute Gasteiger partial charge is 0.497 e. The highest BCUT2D eigenvalue weighted by molar-refractivity contribution is 5.80. The molecule has 1 aromatic carbocycles. The van der Waals surface area contributed by atoms with Gasteiger partial charge in [-0.2, -0.15) is 0 Å². The molecule has 132 valence electrons. The monoisotopic (exact) mass is 336 g/mol. The zero-order chi connectivity index (χ0) is 17.4. The van der Waals surface area contributed by atoms with Crippen LogP contribution in [0, 0.1) is 0 Å². The van der Waals surface area contributed by atoms with Crippen molar-refractivity contribution in [3.63, 3.8) is 0 Å². The number of nitrogens with zero attached hydrogens (tertiary/aromatic N) is 1. The van der Waals surface area contributed by atoms with Gasteiger partial charge < -0.3 is 24.4 Å². The van der Waals surface area contributed by atoms with Crippen molar-refractivity contribution >= 4 is 12.0 Å². The van der Waals surface area contributed by atoms with Crippen LogP contribution in [0.25, 0.3) is 0 Å². The van der Waals surface area contributed by atoms with Crippen LogP contribution in [0.3, 0.4) is 0 Å². The van der Waals surface area contributed by atoms with Gasteiger partial charge in [0.25, 0.3) is 0 Å². The van der Waals surface area contributed by atoms with Gasteiger partial charge in [-0.1, -0.05) is 12.1 Å². The Balaban J connectivity index is 1.82. The summed E-state index contributed by atoms with van der Waals surface area (Å²) < 4.78 is 15.7. The summed E-state index contributed by atoms with van der Waals surface area (Å²) in [5.41, 5.74) is 1.12. The lowest BCUT2D eigenvalue weighted by atomic mass is 10.1. The van der Waals surface area contributed by atoms with Gasteiger partial charge in [-0.3, -0.25) is 4.79 Å². The summed E-state index contributed by atoms with van der Waals surface area (Å²) >= 11 is 0. The Labute approximate surface area is 141 Å². The lowest BCUT2D eigenvalue weighted by molar-refractivity contribution is -0.141. The minimum atomic E-state index is -0.436. The first-order valence-electron chi connectivity index (χ1n) is 8.05. The Morgan fingerprint density at radius 2 is 2.08 bits per heavy atom. The van der Waals surface area contributed by atoms with Gasteiger partial charge >= 0.3 is 12.0 Å². The van der Waals surface area contributed by atoms with E-state index >= 15 is 0 Å². The van der Waals surface area contributed by atoms with Gasteiger partial charge in [0.1, 0.15) is 12.3 Å². The minimum absolute atomic E-state index is 0.0690. The van der Waals surface area contributed by atoms with Gasteiger partial charge in [0, 0.05) is 19.5 Å². The van der Waals surface area contributed by atoms with Crippen molar-refractivity contribution in [3.8, 4) is 5.75 Å². The maximum absolute atomic E-state index is 12.1. The summed E-state index contributed by atoms with van der Waals surface area (Å²) in [6, 6.07) is 7.51. The average molecular weight is 336 g/mol. The summed E-state index contributed by atoms with van der Waals surface area (Å²) in [6.45, 7) is 3.39. The Morgan fingerprint density at radius 3 is 2.75 bits per heavy atom. The van der Waals surface area contributed by atoms with Crippen LogP contribution in [-0.2, 0) is 20.7 Å². The molecule has 0 aliphatic carbocycles. The molecule has 7 nitrogen and oxygen atoms in total. The van der Waals surface area contributed by atoms with Gasteiger partial charge in [-0.25, -0.2) is 4.79 Å². The third kappa shape index (κ3) is 5.42. The molecule has 1 atom stereocenters. The standard InChI is InChI=1S/C17H24N2O5/c1-3-23-16(20)11-18-17(21)19-8-9-24-15(12-19)10-13-4-6-14(22-2)7-5-13/h4-7,15H,3,8-12H2,1-2H3,(H,18,21)/t15-/m1/s1. The molecule has 0 bridgehead atoms. The molecule has 7 heteroatoms. The number of methoxy groups -OCH3 is 1. The van der Waals surface area contributed by atoms with Gasteiger partial charge in [0.2, 0.25) is 0 Å². The van der Waals surface area contributed by atoms with Crippen LogP contribution < -0.4 is 10.1 Å². The molecule has 0 saturated carbocycles. The third-order valence-corrected chi connectivity index (χ3v) is 3.74. The summed E-state index contributed by atoms with van der Waals surface area (Å²) in [6.07, 6.45) is 0.645. The first-order chi connectivity index (χ1) is 11.6. The Hall–Kier alpha value is -2.28. The molecule has 0 spiro atoms. The van der Waals surface area contributed by atoms with Crippen LogP contribution in [0.5, 0.6) is 5.75 Å². The number of esters is 1. The lowest BCUT2D eigenvalue weighted by Crippen LogP contribution is -2.51. The van der Waals surface area contributed by atoms with E-state index in [9.17, 15) is 9.59 Å². The molecule has 1 fully saturated rings. The van der Waals surface area contributed by atoms with Gasteiger partial charge in [-0.15, -0.1) is 0 Å². The van der Waals surface area contributed by atoms with Crippen LogP contribution in [0.1, 0.15) is 12.5 Å². The first-order valence-corrected chi connectivity index (χ1v) is 8.05. The molecule has 2 rings (SSSR count). The second-order valence-corrected chi connectivity index (χ2v) is 5.45. The van der Waals surface area contributed by atoms with Crippen molar-refractivity contribution in [2.75, 3.05) is 40.0 Å². The molecule has 1 heterocycles. The highest BCUT2D eigenvalue weighted by Crippen LogP contribution is 2.15. The highest BCUT2D eigenvalue weighted by atomic mass is 16.5. The molecule has 1 N–H and O–H groups in total. The SMILES string of the molecule is CCOC(=O)CNC(=O)N1CCO[C@H](Cc2ccc(OC)cc2)C1. The fourth-order valence-electron chi connectivity index (χ4n) is 2.52. The van der Waals surface area contributed by atoms with E-state index in [1.54, 1.807) is 18.9 Å². The molecule has 1 saturated heterocycles. The molecular formula is C17H24N2O5. The molecule has 1 aliphatic rings. The molecular weight excluding hydrogens is 312 g/mol. The number of rotatable bonds is 6. The van der Waals surface area contributed by atoms with Crippen molar-refractivity contribution < 1.29 is 23.8 Å². The second kappa shape index (κ2) is 9.12. The number of ether oxygens (including phenoxy) is 3. The predicted molar refractivity (Wildman–Crippen MR) is 88.0 cm³/mol. The van der Waals surface area contributed by atoms with Crippen LogP contribution in [-0.4, -0.2) is 63.0 Å². The maximum Gasteiger partial charge on any atom is 0.325 e. The van der Waals surface area contributed by atoms with Crippen LogP contribution in [0.2, 0.25) is 0 Å². The normalized spacial score (nSPS) is 17.2. The zero-order valence-corrected chi connectivity index (χ0v) is 14.1. The molecule has 2 amide bonds. The summed E-state index contributed by atoms with van der Waals surface area (Å²) in [5, 5.41) is 2.58. The average Bonchev–Trinajstić information content (AvgIpc) is 2.61. The molecule has 24 heavy (non-hydrogen) atoms. The number of morpholine rings is 1. The van der Waals surface area contributed by atoms with Gasteiger partial charge in [-0.05, 0) is 24.6 Å². The summed E-state index contributed by atoms with van der Waals surface area (Å²) in [5.74, 6) is 0.372. The molecule has 1 aliphatic heterocycles. The van der Waals surface area contributed by atoms with Crippen LogP contribution in [0.4, 0.5) is 4.79 Å². The molecule has 0 unspecified atom stereocenters. The van der Waals surface area contributed by atoms with E-state index in [4.69, 9.17) is 14.2 Å². The van der Waals surface area contributed by atoms with Crippen molar-refractivity contribution in [2.45, 2.75) is 19.4 Å². The van der Waals surface area contributed by atoms with Gasteiger partial charge in [0.05, 0.1) is 26.4 Å². The van der Waals surface area contributed by atoms with Crippen LogP contribution >= 0.6 is 0 Å². The summed E-state index contributed by atoms with van der Waals surface area (Å²) in [7, 11) is 1.63. The number of hydrogen-bond acceptors (Lipinski definition) is 5. The zero-order valence-electron chi connectivity index (χ0n) is 14.1. The Kier molecular flexibility index (Phi) is 6.87. The van der Waals surface area contributed by atoms with Gasteiger partial charge in [0.15, 0.2) is 0 Å². The lowest BCUT2D eigenvalue weighted by Gasteiger charge is -2.33. The highest BCUT2D eigenvalue weighted by Gasteiger charge is 2.24. The van der Waals surface area contributed by atoms with Crippen molar-refractivity contribution in [1.82, 2.24) is 10.2 Å². The topological polar surface area (TPSA) is 77.1 Å². The number of amides is 2. The maximum atomic E-state index is 12.1. The number of carbonyl (C=O) groups is 2. The van der Waals surface area contributed by atoms with E-state index in [0.29, 0.717) is 32.7 Å². The predicted octanol–water partition coefficient (Wildman–Crippen LogP) is 1.21. The Morgan fingerprint density at radius 1 is 1.33 bits per heavy atom. The van der Waals surface area contributed by atoms with Crippen LogP contribution in [0.15, 0.2) is 24.3 Å². The number of benzene rings is 1. The number of nitrogens with one attached hydrogen (secondary N) is 1.